The number of hydrogen-bond donors (Lipinski definition) is 1. The summed E-state index contributed by atoms with van der Waals surface area (Å²) >= 11 is 0. The van der Waals surface area contributed by atoms with Crippen molar-refractivity contribution in [3.63, 3.8) is 0 Å². The van der Waals surface area contributed by atoms with Crippen molar-refractivity contribution in [3.8, 4) is 0 Å². The lowest BCUT2D eigenvalue weighted by Gasteiger charge is -2.14. The van der Waals surface area contributed by atoms with Crippen molar-refractivity contribution < 1.29 is 0 Å². The lowest BCUT2D eigenvalue weighted by atomic mass is 10.1. The Hall–Kier alpha value is -1.08. The Kier molecular flexibility index (Phi) is 4.38. The van der Waals surface area contributed by atoms with E-state index in [1.54, 1.807) is 5.57 Å². The molecule has 1 nitrogen and oxygen atoms in total. The Morgan fingerprint density at radius 2 is 2.00 bits per heavy atom. The number of nitrogens with one attached hydrogen (secondary N) is 1. The molecule has 0 spiro atoms. The summed E-state index contributed by atoms with van der Waals surface area (Å²) in [5, 5.41) is 3.60. The number of aryl methyl sites for hydroxylation is 1. The zero-order valence-corrected chi connectivity index (χ0v) is 11.0. The van der Waals surface area contributed by atoms with E-state index in [1.165, 1.54) is 36.8 Å². The van der Waals surface area contributed by atoms with Crippen molar-refractivity contribution in [2.75, 3.05) is 6.54 Å². The van der Waals surface area contributed by atoms with Gasteiger partial charge in [0.05, 0.1) is 0 Å². The first-order valence-electron chi connectivity index (χ1n) is 6.73. The second-order valence-electron chi connectivity index (χ2n) is 5.09. The van der Waals surface area contributed by atoms with Crippen LogP contribution in [0.25, 0.3) is 0 Å². The maximum absolute atomic E-state index is 3.60. The van der Waals surface area contributed by atoms with E-state index in [2.05, 4.69) is 49.5 Å². The summed E-state index contributed by atoms with van der Waals surface area (Å²) in [6.45, 7) is 5.48. The molecule has 0 aliphatic heterocycles. The minimum absolute atomic E-state index is 0.456. The van der Waals surface area contributed by atoms with Gasteiger partial charge < -0.3 is 5.32 Å². The van der Waals surface area contributed by atoms with Gasteiger partial charge in [-0.1, -0.05) is 41.5 Å². The van der Waals surface area contributed by atoms with Crippen molar-refractivity contribution in [1.82, 2.24) is 5.32 Å². The molecule has 0 fully saturated rings. The average Bonchev–Trinajstić information content (AvgIpc) is 2.83. The smallest absolute Gasteiger partial charge is 0.0291 e. The van der Waals surface area contributed by atoms with Crippen molar-refractivity contribution in [2.24, 2.45) is 0 Å². The monoisotopic (exact) mass is 229 g/mol. The highest BCUT2D eigenvalue weighted by molar-refractivity contribution is 5.23. The molecule has 0 radical (unpaired) electrons. The molecule has 1 unspecified atom stereocenters. The number of allylic oxidation sites excluding steroid dienone is 1. The zero-order chi connectivity index (χ0) is 12.1. The lowest BCUT2D eigenvalue weighted by molar-refractivity contribution is 0.573. The van der Waals surface area contributed by atoms with Crippen LogP contribution in [-0.4, -0.2) is 6.54 Å². The van der Waals surface area contributed by atoms with Gasteiger partial charge in [-0.25, -0.2) is 0 Å². The number of rotatable bonds is 5. The summed E-state index contributed by atoms with van der Waals surface area (Å²) in [6.07, 6.45) is 7.61. The van der Waals surface area contributed by atoms with E-state index in [0.29, 0.717) is 6.04 Å². The van der Waals surface area contributed by atoms with Gasteiger partial charge in [-0.2, -0.15) is 0 Å². The van der Waals surface area contributed by atoms with E-state index in [-0.39, 0.29) is 0 Å². The maximum atomic E-state index is 3.60. The molecule has 1 aliphatic rings. The van der Waals surface area contributed by atoms with Crippen LogP contribution in [0.4, 0.5) is 0 Å². The van der Waals surface area contributed by atoms with E-state index in [0.717, 1.165) is 6.54 Å². The van der Waals surface area contributed by atoms with Gasteiger partial charge in [0.1, 0.15) is 0 Å². The third-order valence-corrected chi connectivity index (χ3v) is 3.61. The first kappa shape index (κ1) is 12.4. The fourth-order valence-electron chi connectivity index (χ4n) is 2.39. The van der Waals surface area contributed by atoms with Gasteiger partial charge in [-0.3, -0.25) is 0 Å². The average molecular weight is 229 g/mol. The lowest BCUT2D eigenvalue weighted by Crippen LogP contribution is -2.20. The third kappa shape index (κ3) is 3.71. The fraction of sp³-hybridized carbons (Fsp3) is 0.500. The molecule has 1 aromatic rings. The summed E-state index contributed by atoms with van der Waals surface area (Å²) < 4.78 is 0. The van der Waals surface area contributed by atoms with Crippen molar-refractivity contribution >= 4 is 0 Å². The molecule has 0 heterocycles. The van der Waals surface area contributed by atoms with Gasteiger partial charge in [0.25, 0.3) is 0 Å². The van der Waals surface area contributed by atoms with E-state index in [4.69, 9.17) is 0 Å². The summed E-state index contributed by atoms with van der Waals surface area (Å²) in [6, 6.07) is 9.28. The predicted octanol–water partition coefficient (Wildman–Crippen LogP) is 4.15. The first-order chi connectivity index (χ1) is 8.25. The largest absolute Gasteiger partial charge is 0.310 e. The van der Waals surface area contributed by atoms with Gasteiger partial charge in [0, 0.05) is 6.04 Å². The highest BCUT2D eigenvalue weighted by Gasteiger charge is 2.06. The molecule has 92 valence electrons. The van der Waals surface area contributed by atoms with Gasteiger partial charge >= 0.3 is 0 Å². The molecule has 2 rings (SSSR count). The second kappa shape index (κ2) is 6.02. The minimum Gasteiger partial charge on any atom is -0.310 e. The molecule has 17 heavy (non-hydrogen) atoms. The molecule has 1 heteroatoms. The first-order valence-corrected chi connectivity index (χ1v) is 6.73. The van der Waals surface area contributed by atoms with Gasteiger partial charge in [0.15, 0.2) is 0 Å². The minimum atomic E-state index is 0.456. The molecule has 0 bridgehead atoms. The molecule has 0 saturated carbocycles. The van der Waals surface area contributed by atoms with Crippen LogP contribution in [-0.2, 0) is 0 Å². The normalized spacial score (nSPS) is 16.9. The highest BCUT2D eigenvalue weighted by atomic mass is 14.9. The predicted molar refractivity (Wildman–Crippen MR) is 74.1 cm³/mol. The quantitative estimate of drug-likeness (QED) is 0.748. The number of benzene rings is 1. The molecule has 1 aliphatic carbocycles. The topological polar surface area (TPSA) is 12.0 Å². The number of hydrogen-bond acceptors (Lipinski definition) is 1. The van der Waals surface area contributed by atoms with E-state index < -0.39 is 0 Å². The zero-order valence-electron chi connectivity index (χ0n) is 11.0. The third-order valence-electron chi connectivity index (χ3n) is 3.61. The summed E-state index contributed by atoms with van der Waals surface area (Å²) in [4.78, 5) is 0. The van der Waals surface area contributed by atoms with E-state index >= 15 is 0 Å². The molecular formula is C16H23N. The SMILES string of the molecule is Cc1ccc(C(C)NCCC2=CCCC2)cc1. The molecule has 1 atom stereocenters. The Morgan fingerprint density at radius 3 is 2.65 bits per heavy atom. The van der Waals surface area contributed by atoms with Gasteiger partial charge in [-0.05, 0) is 51.6 Å². The summed E-state index contributed by atoms with van der Waals surface area (Å²) in [5.41, 5.74) is 4.36. The molecule has 1 N–H and O–H groups in total. The van der Waals surface area contributed by atoms with Crippen LogP contribution in [0.2, 0.25) is 0 Å². The standard InChI is InChI=1S/C16H23N/c1-13-7-9-16(10-8-13)14(2)17-12-11-15-5-3-4-6-15/h5,7-10,14,17H,3-4,6,11-12H2,1-2H3. The Morgan fingerprint density at radius 1 is 1.24 bits per heavy atom. The van der Waals surface area contributed by atoms with Crippen LogP contribution in [0, 0.1) is 6.92 Å². The van der Waals surface area contributed by atoms with Crippen LogP contribution >= 0.6 is 0 Å². The second-order valence-corrected chi connectivity index (χ2v) is 5.09. The molecular weight excluding hydrogens is 206 g/mol. The molecule has 1 aromatic carbocycles. The van der Waals surface area contributed by atoms with Crippen molar-refractivity contribution in [2.45, 2.75) is 45.6 Å². The van der Waals surface area contributed by atoms with Crippen molar-refractivity contribution in [3.05, 3.63) is 47.0 Å². The Bertz CT molecular complexity index is 375. The van der Waals surface area contributed by atoms with Gasteiger partial charge in [0.2, 0.25) is 0 Å². The van der Waals surface area contributed by atoms with Crippen LogP contribution in [0.15, 0.2) is 35.9 Å². The van der Waals surface area contributed by atoms with Crippen LogP contribution in [0.5, 0.6) is 0 Å². The van der Waals surface area contributed by atoms with E-state index in [9.17, 15) is 0 Å². The summed E-state index contributed by atoms with van der Waals surface area (Å²) in [7, 11) is 0. The van der Waals surface area contributed by atoms with Crippen LogP contribution < -0.4 is 5.32 Å². The summed E-state index contributed by atoms with van der Waals surface area (Å²) in [5.74, 6) is 0. The maximum Gasteiger partial charge on any atom is 0.0291 e. The molecule has 0 saturated heterocycles. The van der Waals surface area contributed by atoms with Gasteiger partial charge in [-0.15, -0.1) is 0 Å². The van der Waals surface area contributed by atoms with Crippen LogP contribution in [0.3, 0.4) is 0 Å². The van der Waals surface area contributed by atoms with Crippen molar-refractivity contribution in [1.29, 1.82) is 0 Å². The highest BCUT2D eigenvalue weighted by Crippen LogP contribution is 2.20. The Labute approximate surface area is 105 Å². The fourth-order valence-corrected chi connectivity index (χ4v) is 2.39. The molecule has 0 aromatic heterocycles. The Balaban J connectivity index is 1.76. The van der Waals surface area contributed by atoms with Crippen LogP contribution in [0.1, 0.15) is 49.8 Å². The molecule has 0 amide bonds. The van der Waals surface area contributed by atoms with E-state index in [1.807, 2.05) is 0 Å².